The highest BCUT2D eigenvalue weighted by atomic mass is 79.9. The molecule has 0 amide bonds. The number of ether oxygens (including phenoxy) is 5. The first-order chi connectivity index (χ1) is 17.2. The summed E-state index contributed by atoms with van der Waals surface area (Å²) < 4.78 is 26.3. The van der Waals surface area contributed by atoms with E-state index in [0.717, 1.165) is 10.0 Å². The number of hydrogen-bond acceptors (Lipinski definition) is 11. The summed E-state index contributed by atoms with van der Waals surface area (Å²) in [5.74, 6) is -2.08. The zero-order valence-corrected chi connectivity index (χ0v) is 22.0. The highest BCUT2D eigenvalue weighted by molar-refractivity contribution is 9.10. The topological polar surface area (TPSA) is 155 Å². The molecule has 0 heterocycles. The maximum absolute atomic E-state index is 12.1. The van der Waals surface area contributed by atoms with Crippen molar-refractivity contribution in [2.75, 3.05) is 47.3 Å². The van der Waals surface area contributed by atoms with E-state index < -0.39 is 35.9 Å². The smallest absolute Gasteiger partial charge is 0.306 e. The molecule has 12 heteroatoms. The van der Waals surface area contributed by atoms with Gasteiger partial charge in [0, 0.05) is 11.1 Å². The molecule has 0 bridgehead atoms. The average molecular weight is 577 g/mol. The maximum Gasteiger partial charge on any atom is 0.306 e. The van der Waals surface area contributed by atoms with Crippen LogP contribution < -0.4 is 4.74 Å². The van der Waals surface area contributed by atoms with Gasteiger partial charge in [-0.3, -0.25) is 19.2 Å². The minimum atomic E-state index is -1.33. The molecule has 2 N–H and O–H groups in total. The van der Waals surface area contributed by atoms with Crippen LogP contribution in [0.4, 0.5) is 0 Å². The molecule has 1 aromatic carbocycles. The number of rotatable bonds is 17. The fraction of sp³-hybridized carbons (Fsp3) is 0.583. The summed E-state index contributed by atoms with van der Waals surface area (Å²) in [7, 11) is 2.40. The molecule has 36 heavy (non-hydrogen) atoms. The van der Waals surface area contributed by atoms with Crippen molar-refractivity contribution >= 4 is 39.8 Å². The lowest BCUT2D eigenvalue weighted by atomic mass is 9.92. The van der Waals surface area contributed by atoms with Gasteiger partial charge in [0.1, 0.15) is 25.6 Å². The van der Waals surface area contributed by atoms with E-state index in [1.165, 1.54) is 14.2 Å². The third-order valence-corrected chi connectivity index (χ3v) is 5.59. The Kier molecular flexibility index (Phi) is 14.7. The number of esters is 4. The van der Waals surface area contributed by atoms with Crippen LogP contribution in [0.2, 0.25) is 0 Å². The van der Waals surface area contributed by atoms with Crippen molar-refractivity contribution in [2.24, 2.45) is 5.41 Å². The highest BCUT2D eigenvalue weighted by Gasteiger charge is 2.35. The molecule has 0 aliphatic carbocycles. The Hall–Kier alpha value is -2.70. The summed E-state index contributed by atoms with van der Waals surface area (Å²) in [5.41, 5.74) is -0.529. The standard InChI is InChI=1S/C24H33BrO11/c1-32-20(28)7-9-22(30)35-15-24(13-27,16-36-23(31)10-8-21(29)33-2)14-34-19-6-5-18(25)12-17(19)4-3-11-26/h5-6,12,26-27H,3-4,7-11,13-16H2,1-2H3. The van der Waals surface area contributed by atoms with Crippen molar-refractivity contribution in [3.63, 3.8) is 0 Å². The van der Waals surface area contributed by atoms with Gasteiger partial charge in [0.15, 0.2) is 0 Å². The van der Waals surface area contributed by atoms with E-state index in [1.54, 1.807) is 12.1 Å². The summed E-state index contributed by atoms with van der Waals surface area (Å²) in [6.07, 6.45) is 0.231. The van der Waals surface area contributed by atoms with Crippen molar-refractivity contribution in [3.05, 3.63) is 28.2 Å². The molecular weight excluding hydrogens is 544 g/mol. The Morgan fingerprint density at radius 3 is 1.83 bits per heavy atom. The Morgan fingerprint density at radius 2 is 1.36 bits per heavy atom. The van der Waals surface area contributed by atoms with Gasteiger partial charge in [-0.15, -0.1) is 0 Å². The minimum absolute atomic E-state index is 0.00438. The predicted octanol–water partition coefficient (Wildman–Crippen LogP) is 1.72. The first-order valence-corrected chi connectivity index (χ1v) is 12.1. The van der Waals surface area contributed by atoms with E-state index in [4.69, 9.17) is 14.2 Å². The molecule has 0 saturated carbocycles. The van der Waals surface area contributed by atoms with Crippen LogP contribution in [0.25, 0.3) is 0 Å². The summed E-state index contributed by atoms with van der Waals surface area (Å²) in [6, 6.07) is 5.31. The van der Waals surface area contributed by atoms with E-state index in [0.29, 0.717) is 18.6 Å². The molecule has 11 nitrogen and oxygen atoms in total. The molecule has 1 aromatic rings. The minimum Gasteiger partial charge on any atom is -0.492 e. The SMILES string of the molecule is COC(=O)CCC(=O)OCC(CO)(COC(=O)CCC(=O)OC)COc1ccc(Br)cc1CCCO. The molecule has 1 rings (SSSR count). The third-order valence-electron chi connectivity index (χ3n) is 5.10. The van der Waals surface area contributed by atoms with Gasteiger partial charge in [-0.2, -0.15) is 0 Å². The molecule has 0 aromatic heterocycles. The lowest BCUT2D eigenvalue weighted by molar-refractivity contribution is -0.161. The Bertz CT molecular complexity index is 836. The monoisotopic (exact) mass is 576 g/mol. The van der Waals surface area contributed by atoms with Gasteiger partial charge in [0.2, 0.25) is 0 Å². The van der Waals surface area contributed by atoms with Crippen LogP contribution in [0.15, 0.2) is 22.7 Å². The quantitative estimate of drug-likeness (QED) is 0.205. The van der Waals surface area contributed by atoms with Crippen LogP contribution in [0.1, 0.15) is 37.7 Å². The summed E-state index contributed by atoms with van der Waals surface area (Å²) in [4.78, 5) is 46.8. The highest BCUT2D eigenvalue weighted by Crippen LogP contribution is 2.28. The van der Waals surface area contributed by atoms with E-state index in [1.807, 2.05) is 6.07 Å². The average Bonchev–Trinajstić information content (AvgIpc) is 2.89. The van der Waals surface area contributed by atoms with Gasteiger partial charge < -0.3 is 33.9 Å². The van der Waals surface area contributed by atoms with Crippen LogP contribution in [0, 0.1) is 5.41 Å². The predicted molar refractivity (Wildman–Crippen MR) is 129 cm³/mol. The summed E-state index contributed by atoms with van der Waals surface area (Å²) in [6.45, 7) is -1.49. The van der Waals surface area contributed by atoms with Crippen LogP contribution in [-0.2, 0) is 44.5 Å². The summed E-state index contributed by atoms with van der Waals surface area (Å²) in [5, 5.41) is 19.4. The maximum atomic E-state index is 12.1. The lowest BCUT2D eigenvalue weighted by Crippen LogP contribution is -2.43. The zero-order valence-electron chi connectivity index (χ0n) is 20.5. The lowest BCUT2D eigenvalue weighted by Gasteiger charge is -2.31. The van der Waals surface area contributed by atoms with Crippen LogP contribution in [-0.4, -0.2) is 81.3 Å². The summed E-state index contributed by atoms with van der Waals surface area (Å²) >= 11 is 3.40. The molecule has 202 valence electrons. The van der Waals surface area contributed by atoms with Crippen molar-refractivity contribution in [2.45, 2.75) is 38.5 Å². The van der Waals surface area contributed by atoms with Crippen molar-refractivity contribution < 1.29 is 53.1 Å². The molecule has 0 saturated heterocycles. The second kappa shape index (κ2) is 16.9. The number of aryl methyl sites for hydroxylation is 1. The second-order valence-corrected chi connectivity index (χ2v) is 8.92. The fourth-order valence-corrected chi connectivity index (χ4v) is 3.28. The molecule has 0 aliphatic rings. The number of carbonyl (C=O) groups excluding carboxylic acids is 4. The molecule has 0 unspecified atom stereocenters. The molecular formula is C24H33BrO11. The van der Waals surface area contributed by atoms with Gasteiger partial charge in [0.25, 0.3) is 0 Å². The molecule has 0 spiro atoms. The van der Waals surface area contributed by atoms with E-state index in [9.17, 15) is 29.4 Å². The Morgan fingerprint density at radius 1 is 0.833 bits per heavy atom. The van der Waals surface area contributed by atoms with Crippen molar-refractivity contribution in [1.29, 1.82) is 0 Å². The van der Waals surface area contributed by atoms with Crippen LogP contribution in [0.5, 0.6) is 5.75 Å². The van der Waals surface area contributed by atoms with Gasteiger partial charge in [-0.25, -0.2) is 0 Å². The second-order valence-electron chi connectivity index (χ2n) is 8.00. The van der Waals surface area contributed by atoms with Crippen LogP contribution in [0.3, 0.4) is 0 Å². The Labute approximate surface area is 218 Å². The number of aliphatic hydroxyl groups is 2. The largest absolute Gasteiger partial charge is 0.492 e. The van der Waals surface area contributed by atoms with Crippen LogP contribution >= 0.6 is 15.9 Å². The van der Waals surface area contributed by atoms with E-state index in [2.05, 4.69) is 25.4 Å². The Balaban J connectivity index is 2.95. The third kappa shape index (κ3) is 11.8. The first-order valence-electron chi connectivity index (χ1n) is 11.3. The zero-order chi connectivity index (χ0) is 27.0. The van der Waals surface area contributed by atoms with E-state index in [-0.39, 0.29) is 52.1 Å². The van der Waals surface area contributed by atoms with Gasteiger partial charge in [-0.05, 0) is 36.6 Å². The first kappa shape index (κ1) is 31.3. The number of carbonyl (C=O) groups is 4. The number of aliphatic hydroxyl groups excluding tert-OH is 2. The fourth-order valence-electron chi connectivity index (χ4n) is 2.87. The molecule has 0 radical (unpaired) electrons. The van der Waals surface area contributed by atoms with Gasteiger partial charge in [0.05, 0.1) is 51.9 Å². The van der Waals surface area contributed by atoms with E-state index >= 15 is 0 Å². The number of benzene rings is 1. The number of halogens is 1. The molecule has 0 atom stereocenters. The van der Waals surface area contributed by atoms with Crippen molar-refractivity contribution in [3.8, 4) is 5.75 Å². The molecule has 0 aliphatic heterocycles. The van der Waals surface area contributed by atoms with Crippen molar-refractivity contribution in [1.82, 2.24) is 0 Å². The number of hydrogen-bond donors (Lipinski definition) is 2. The number of methoxy groups -OCH3 is 2. The van der Waals surface area contributed by atoms with Gasteiger partial charge >= 0.3 is 23.9 Å². The normalized spacial score (nSPS) is 10.9. The molecule has 0 fully saturated rings. The van der Waals surface area contributed by atoms with Gasteiger partial charge in [-0.1, -0.05) is 15.9 Å².